The van der Waals surface area contributed by atoms with E-state index in [2.05, 4.69) is 37.8 Å². The van der Waals surface area contributed by atoms with Crippen molar-refractivity contribution in [1.82, 2.24) is 10.1 Å². The number of rotatable bonds is 2. The first-order chi connectivity index (χ1) is 7.61. The van der Waals surface area contributed by atoms with Gasteiger partial charge in [-0.25, -0.2) is 4.98 Å². The van der Waals surface area contributed by atoms with Crippen LogP contribution in [0.5, 0.6) is 0 Å². The molecular formula is C12H18N2O2. The first-order valence-corrected chi connectivity index (χ1v) is 5.40. The zero-order valence-electron chi connectivity index (χ0n) is 10.2. The van der Waals surface area contributed by atoms with Crippen molar-refractivity contribution in [3.05, 3.63) is 36.4 Å². The predicted octanol–water partition coefficient (Wildman–Crippen LogP) is 3.60. The minimum absolute atomic E-state index is 0.456. The van der Waals surface area contributed by atoms with Crippen LogP contribution in [0.2, 0.25) is 0 Å². The van der Waals surface area contributed by atoms with Crippen LogP contribution in [-0.4, -0.2) is 10.1 Å². The van der Waals surface area contributed by atoms with Gasteiger partial charge in [-0.1, -0.05) is 32.9 Å². The highest BCUT2D eigenvalue weighted by Crippen LogP contribution is 2.11. The molecule has 4 nitrogen and oxygen atoms in total. The van der Waals surface area contributed by atoms with Crippen molar-refractivity contribution in [2.24, 2.45) is 0 Å². The Kier molecular flexibility index (Phi) is 4.76. The fourth-order valence-electron chi connectivity index (χ4n) is 1.03. The highest BCUT2D eigenvalue weighted by atomic mass is 16.5. The van der Waals surface area contributed by atoms with Crippen molar-refractivity contribution in [2.75, 3.05) is 0 Å². The third kappa shape index (κ3) is 3.88. The van der Waals surface area contributed by atoms with Crippen molar-refractivity contribution >= 4 is 0 Å². The Balaban J connectivity index is 0.000000160. The average molecular weight is 222 g/mol. The third-order valence-electron chi connectivity index (χ3n) is 2.05. The van der Waals surface area contributed by atoms with E-state index in [0.717, 1.165) is 11.5 Å². The van der Waals surface area contributed by atoms with Crippen LogP contribution in [-0.2, 0) is 0 Å². The Morgan fingerprint density at radius 1 is 1.06 bits per heavy atom. The second-order valence-electron chi connectivity index (χ2n) is 4.13. The molecule has 0 fully saturated rings. The van der Waals surface area contributed by atoms with Gasteiger partial charge in [-0.2, -0.15) is 0 Å². The van der Waals surface area contributed by atoms with E-state index < -0.39 is 0 Å². The molecule has 0 N–H and O–H groups in total. The number of hydrogen-bond donors (Lipinski definition) is 0. The molecule has 0 unspecified atom stereocenters. The number of hydrogen-bond acceptors (Lipinski definition) is 4. The smallest absolute Gasteiger partial charge is 0.180 e. The van der Waals surface area contributed by atoms with E-state index in [1.54, 1.807) is 12.4 Å². The fraction of sp³-hybridized carbons (Fsp3) is 0.500. The maximum absolute atomic E-state index is 4.98. The van der Waals surface area contributed by atoms with Crippen LogP contribution in [0.25, 0.3) is 0 Å². The second-order valence-corrected chi connectivity index (χ2v) is 4.13. The van der Waals surface area contributed by atoms with Gasteiger partial charge < -0.3 is 8.94 Å². The molecule has 4 heteroatoms. The van der Waals surface area contributed by atoms with Gasteiger partial charge in [0.05, 0.1) is 12.4 Å². The molecule has 88 valence electrons. The van der Waals surface area contributed by atoms with Gasteiger partial charge in [-0.15, -0.1) is 0 Å². The maximum atomic E-state index is 4.98. The monoisotopic (exact) mass is 222 g/mol. The van der Waals surface area contributed by atoms with E-state index in [9.17, 15) is 0 Å². The molecule has 0 aliphatic rings. The van der Waals surface area contributed by atoms with Crippen molar-refractivity contribution in [1.29, 1.82) is 0 Å². The van der Waals surface area contributed by atoms with Crippen LogP contribution in [0.4, 0.5) is 0 Å². The summed E-state index contributed by atoms with van der Waals surface area (Å²) in [7, 11) is 0. The number of oxazole rings is 1. The Morgan fingerprint density at radius 2 is 1.75 bits per heavy atom. The molecular weight excluding hydrogens is 204 g/mol. The summed E-state index contributed by atoms with van der Waals surface area (Å²) >= 11 is 0. The summed E-state index contributed by atoms with van der Waals surface area (Å²) in [5.41, 5.74) is 0. The Bertz CT molecular complexity index is 325. The summed E-state index contributed by atoms with van der Waals surface area (Å²) in [6, 6.07) is 1.88. The van der Waals surface area contributed by atoms with Gasteiger partial charge in [0.1, 0.15) is 11.5 Å². The molecule has 0 aliphatic heterocycles. The first kappa shape index (κ1) is 12.5. The van der Waals surface area contributed by atoms with Crippen LogP contribution in [0, 0.1) is 0 Å². The number of nitrogens with zero attached hydrogens (tertiary/aromatic N) is 2. The molecule has 0 aromatic carbocycles. The molecule has 0 radical (unpaired) electrons. The highest BCUT2D eigenvalue weighted by molar-refractivity contribution is 4.97. The summed E-state index contributed by atoms with van der Waals surface area (Å²) in [5, 5.41) is 3.57. The normalized spacial score (nSPS) is 10.4. The lowest BCUT2D eigenvalue weighted by Gasteiger charge is -1.93. The SMILES string of the molecule is CC(C)c1ccno1.CC(C)c1cnco1. The van der Waals surface area contributed by atoms with Gasteiger partial charge in [-0.05, 0) is 0 Å². The average Bonchev–Trinajstić information content (AvgIpc) is 2.93. The van der Waals surface area contributed by atoms with Crippen molar-refractivity contribution in [3.8, 4) is 0 Å². The minimum atomic E-state index is 0.456. The Hall–Kier alpha value is -1.58. The van der Waals surface area contributed by atoms with Gasteiger partial charge in [0, 0.05) is 17.9 Å². The quantitative estimate of drug-likeness (QED) is 0.779. The summed E-state index contributed by atoms with van der Waals surface area (Å²) in [4.78, 5) is 3.78. The molecule has 0 saturated heterocycles. The van der Waals surface area contributed by atoms with Crippen molar-refractivity contribution < 1.29 is 8.94 Å². The van der Waals surface area contributed by atoms with Gasteiger partial charge in [0.15, 0.2) is 6.39 Å². The van der Waals surface area contributed by atoms with E-state index >= 15 is 0 Å². The van der Waals surface area contributed by atoms with Gasteiger partial charge >= 0.3 is 0 Å². The maximum Gasteiger partial charge on any atom is 0.180 e. The lowest BCUT2D eigenvalue weighted by Crippen LogP contribution is -1.79. The summed E-state index contributed by atoms with van der Waals surface area (Å²) < 4.78 is 9.83. The topological polar surface area (TPSA) is 52.1 Å². The molecule has 0 spiro atoms. The van der Waals surface area contributed by atoms with E-state index in [1.165, 1.54) is 6.39 Å². The van der Waals surface area contributed by atoms with Crippen LogP contribution in [0.1, 0.15) is 51.1 Å². The number of aromatic nitrogens is 2. The van der Waals surface area contributed by atoms with Crippen LogP contribution in [0.3, 0.4) is 0 Å². The van der Waals surface area contributed by atoms with E-state index in [0.29, 0.717) is 11.8 Å². The second kappa shape index (κ2) is 6.10. The summed E-state index contributed by atoms with van der Waals surface area (Å²) in [5.74, 6) is 2.81. The Labute approximate surface area is 95.7 Å². The first-order valence-electron chi connectivity index (χ1n) is 5.40. The summed E-state index contributed by atoms with van der Waals surface area (Å²) in [6.07, 6.45) is 4.86. The molecule has 0 saturated carbocycles. The molecule has 16 heavy (non-hydrogen) atoms. The molecule has 2 rings (SSSR count). The van der Waals surface area contributed by atoms with Crippen molar-refractivity contribution in [3.63, 3.8) is 0 Å². The minimum Gasteiger partial charge on any atom is -0.448 e. The molecule has 0 bridgehead atoms. The van der Waals surface area contributed by atoms with Crippen LogP contribution >= 0.6 is 0 Å². The lowest BCUT2D eigenvalue weighted by molar-refractivity contribution is 0.371. The molecule has 2 aromatic rings. The Morgan fingerprint density at radius 3 is 2.00 bits per heavy atom. The van der Waals surface area contributed by atoms with Gasteiger partial charge in [0.25, 0.3) is 0 Å². The van der Waals surface area contributed by atoms with E-state index in [1.807, 2.05) is 6.07 Å². The third-order valence-corrected chi connectivity index (χ3v) is 2.05. The zero-order valence-corrected chi connectivity index (χ0v) is 10.2. The lowest BCUT2D eigenvalue weighted by atomic mass is 10.2. The zero-order chi connectivity index (χ0) is 12.0. The molecule has 0 atom stereocenters. The summed E-state index contributed by atoms with van der Waals surface area (Å²) in [6.45, 7) is 8.28. The molecule has 2 aromatic heterocycles. The van der Waals surface area contributed by atoms with Gasteiger partial charge in [-0.3, -0.25) is 0 Å². The largest absolute Gasteiger partial charge is 0.448 e. The fourth-order valence-corrected chi connectivity index (χ4v) is 1.03. The van der Waals surface area contributed by atoms with Crippen LogP contribution in [0.15, 0.2) is 33.8 Å². The van der Waals surface area contributed by atoms with Crippen LogP contribution < -0.4 is 0 Å². The van der Waals surface area contributed by atoms with Crippen molar-refractivity contribution in [2.45, 2.75) is 39.5 Å². The molecule has 2 heterocycles. The van der Waals surface area contributed by atoms with E-state index in [-0.39, 0.29) is 0 Å². The molecule has 0 aliphatic carbocycles. The van der Waals surface area contributed by atoms with E-state index in [4.69, 9.17) is 8.94 Å². The highest BCUT2D eigenvalue weighted by Gasteiger charge is 2.00. The standard InChI is InChI=1S/2C6H9NO/c1-5(2)6-3-7-4-8-6;1-5(2)6-3-4-7-8-6/h2*3-5H,1-2H3. The molecule has 0 amide bonds. The predicted molar refractivity (Wildman–Crippen MR) is 61.2 cm³/mol. The van der Waals surface area contributed by atoms with Gasteiger partial charge in [0.2, 0.25) is 0 Å².